The number of halogens is 2. The number of nitrogens with one attached hydrogen (secondary N) is 1. The lowest BCUT2D eigenvalue weighted by Crippen LogP contribution is -2.35. The van der Waals surface area contributed by atoms with E-state index >= 15 is 0 Å². The average molecular weight is 231 g/mol. The van der Waals surface area contributed by atoms with Gasteiger partial charge in [0.1, 0.15) is 0 Å². The van der Waals surface area contributed by atoms with Crippen LogP contribution in [0.25, 0.3) is 0 Å². The highest BCUT2D eigenvalue weighted by atomic mass is 35.5. The third-order valence-electron chi connectivity index (χ3n) is 1.98. The molecule has 0 aliphatic heterocycles. The standard InChI is InChI=1S/C10H12Cl2N2/c1-2-7(14-13)6-8-9(11)4-3-5-10(8)12/h2-5,7,14H,1,6,13H2. The van der Waals surface area contributed by atoms with Gasteiger partial charge in [-0.25, -0.2) is 0 Å². The van der Waals surface area contributed by atoms with Crippen LogP contribution < -0.4 is 11.3 Å². The Balaban J connectivity index is 2.89. The second kappa shape index (κ2) is 5.37. The van der Waals surface area contributed by atoms with Crippen LogP contribution in [0, 0.1) is 0 Å². The molecular weight excluding hydrogens is 219 g/mol. The fourth-order valence-electron chi connectivity index (χ4n) is 1.16. The lowest BCUT2D eigenvalue weighted by molar-refractivity contribution is 0.618. The van der Waals surface area contributed by atoms with E-state index in [0.717, 1.165) is 5.56 Å². The Morgan fingerprint density at radius 2 is 2.00 bits per heavy atom. The van der Waals surface area contributed by atoms with Gasteiger partial charge in [-0.3, -0.25) is 11.3 Å². The molecule has 1 aromatic carbocycles. The summed E-state index contributed by atoms with van der Waals surface area (Å²) in [5, 5.41) is 1.30. The molecule has 0 saturated carbocycles. The smallest absolute Gasteiger partial charge is 0.0453 e. The highest BCUT2D eigenvalue weighted by molar-refractivity contribution is 6.36. The third kappa shape index (κ3) is 2.72. The highest BCUT2D eigenvalue weighted by Gasteiger charge is 2.09. The van der Waals surface area contributed by atoms with E-state index in [1.165, 1.54) is 0 Å². The molecule has 0 bridgehead atoms. The van der Waals surface area contributed by atoms with E-state index in [2.05, 4.69) is 12.0 Å². The fraction of sp³-hybridized carbons (Fsp3) is 0.200. The molecule has 2 nitrogen and oxygen atoms in total. The van der Waals surface area contributed by atoms with Crippen LogP contribution in [0.3, 0.4) is 0 Å². The van der Waals surface area contributed by atoms with Crippen LogP contribution in [0.4, 0.5) is 0 Å². The molecule has 0 aliphatic rings. The molecule has 0 spiro atoms. The Morgan fingerprint density at radius 3 is 2.43 bits per heavy atom. The predicted molar refractivity (Wildman–Crippen MR) is 61.5 cm³/mol. The van der Waals surface area contributed by atoms with E-state index in [9.17, 15) is 0 Å². The fourth-order valence-corrected chi connectivity index (χ4v) is 1.71. The first kappa shape index (κ1) is 11.5. The van der Waals surface area contributed by atoms with Crippen LogP contribution in [0.5, 0.6) is 0 Å². The van der Waals surface area contributed by atoms with E-state index in [-0.39, 0.29) is 6.04 Å². The largest absolute Gasteiger partial charge is 0.271 e. The SMILES string of the molecule is C=CC(Cc1c(Cl)cccc1Cl)NN. The molecule has 1 aromatic rings. The minimum Gasteiger partial charge on any atom is -0.271 e. The predicted octanol–water partition coefficient (Wildman–Crippen LogP) is 2.55. The van der Waals surface area contributed by atoms with Crippen molar-refractivity contribution in [3.63, 3.8) is 0 Å². The maximum atomic E-state index is 6.00. The molecule has 0 saturated heterocycles. The van der Waals surface area contributed by atoms with Crippen molar-refractivity contribution in [3.8, 4) is 0 Å². The second-order valence-electron chi connectivity index (χ2n) is 2.91. The molecule has 4 heteroatoms. The normalized spacial score (nSPS) is 12.5. The van der Waals surface area contributed by atoms with Crippen molar-refractivity contribution in [2.75, 3.05) is 0 Å². The van der Waals surface area contributed by atoms with Gasteiger partial charge in [0.15, 0.2) is 0 Å². The Kier molecular flexibility index (Phi) is 4.42. The summed E-state index contributed by atoms with van der Waals surface area (Å²) in [6.45, 7) is 3.66. The number of hydrogen-bond donors (Lipinski definition) is 2. The zero-order valence-electron chi connectivity index (χ0n) is 7.63. The molecule has 1 atom stereocenters. The Hall–Kier alpha value is -0.540. The van der Waals surface area contributed by atoms with Gasteiger partial charge in [-0.2, -0.15) is 0 Å². The maximum absolute atomic E-state index is 6.00. The van der Waals surface area contributed by atoms with Gasteiger partial charge >= 0.3 is 0 Å². The van der Waals surface area contributed by atoms with Crippen molar-refractivity contribution >= 4 is 23.2 Å². The van der Waals surface area contributed by atoms with E-state index < -0.39 is 0 Å². The van der Waals surface area contributed by atoms with Crippen molar-refractivity contribution in [1.29, 1.82) is 0 Å². The lowest BCUT2D eigenvalue weighted by atomic mass is 10.1. The molecule has 0 heterocycles. The topological polar surface area (TPSA) is 38.0 Å². The van der Waals surface area contributed by atoms with E-state index in [4.69, 9.17) is 29.0 Å². The van der Waals surface area contributed by atoms with Crippen LogP contribution in [0.1, 0.15) is 5.56 Å². The number of benzene rings is 1. The molecule has 1 unspecified atom stereocenters. The molecule has 0 amide bonds. The summed E-state index contributed by atoms with van der Waals surface area (Å²) in [5.74, 6) is 5.32. The van der Waals surface area contributed by atoms with Gasteiger partial charge in [0.25, 0.3) is 0 Å². The molecule has 1 rings (SSSR count). The summed E-state index contributed by atoms with van der Waals surface area (Å²) in [6.07, 6.45) is 2.36. The zero-order chi connectivity index (χ0) is 10.6. The van der Waals surface area contributed by atoms with Crippen molar-refractivity contribution in [1.82, 2.24) is 5.43 Å². The second-order valence-corrected chi connectivity index (χ2v) is 3.73. The first-order valence-corrected chi connectivity index (χ1v) is 4.96. The van der Waals surface area contributed by atoms with Gasteiger partial charge in [-0.05, 0) is 24.1 Å². The quantitative estimate of drug-likeness (QED) is 0.474. The van der Waals surface area contributed by atoms with Crippen LogP contribution in [-0.2, 0) is 6.42 Å². The molecule has 14 heavy (non-hydrogen) atoms. The van der Waals surface area contributed by atoms with Crippen LogP contribution in [0.15, 0.2) is 30.9 Å². The molecule has 3 N–H and O–H groups in total. The summed E-state index contributed by atoms with van der Waals surface area (Å²) < 4.78 is 0. The zero-order valence-corrected chi connectivity index (χ0v) is 9.15. The number of nitrogens with two attached hydrogens (primary N) is 1. The minimum atomic E-state index is -0.0209. The van der Waals surface area contributed by atoms with Crippen molar-refractivity contribution in [3.05, 3.63) is 46.5 Å². The summed E-state index contributed by atoms with van der Waals surface area (Å²) in [5.41, 5.74) is 3.51. The molecule has 0 radical (unpaired) electrons. The Labute approximate surface area is 93.7 Å². The molecule has 0 aliphatic carbocycles. The molecule has 76 valence electrons. The first-order chi connectivity index (χ1) is 6.69. The number of hydrazine groups is 1. The van der Waals surface area contributed by atoms with Crippen molar-refractivity contribution in [2.24, 2.45) is 5.84 Å². The van der Waals surface area contributed by atoms with E-state index in [0.29, 0.717) is 16.5 Å². The van der Waals surface area contributed by atoms with Crippen LogP contribution in [-0.4, -0.2) is 6.04 Å². The van der Waals surface area contributed by atoms with Gasteiger partial charge in [0.2, 0.25) is 0 Å². The molecular formula is C10H12Cl2N2. The van der Waals surface area contributed by atoms with Crippen molar-refractivity contribution in [2.45, 2.75) is 12.5 Å². The summed E-state index contributed by atoms with van der Waals surface area (Å²) in [4.78, 5) is 0. The molecule has 0 aromatic heterocycles. The minimum absolute atomic E-state index is 0.0209. The Bertz CT molecular complexity index is 306. The lowest BCUT2D eigenvalue weighted by Gasteiger charge is -2.13. The summed E-state index contributed by atoms with van der Waals surface area (Å²) in [7, 11) is 0. The Morgan fingerprint density at radius 1 is 1.43 bits per heavy atom. The highest BCUT2D eigenvalue weighted by Crippen LogP contribution is 2.25. The number of rotatable bonds is 4. The molecule has 0 fully saturated rings. The van der Waals surface area contributed by atoms with E-state index in [1.807, 2.05) is 6.07 Å². The monoisotopic (exact) mass is 230 g/mol. The first-order valence-electron chi connectivity index (χ1n) is 4.20. The van der Waals surface area contributed by atoms with Gasteiger partial charge in [-0.1, -0.05) is 35.3 Å². The van der Waals surface area contributed by atoms with Crippen LogP contribution in [0.2, 0.25) is 10.0 Å². The van der Waals surface area contributed by atoms with Gasteiger partial charge < -0.3 is 0 Å². The third-order valence-corrected chi connectivity index (χ3v) is 2.69. The number of hydrogen-bond acceptors (Lipinski definition) is 2. The average Bonchev–Trinajstić information content (AvgIpc) is 2.18. The van der Waals surface area contributed by atoms with Gasteiger partial charge in [-0.15, -0.1) is 6.58 Å². The van der Waals surface area contributed by atoms with Gasteiger partial charge in [0, 0.05) is 16.1 Å². The summed E-state index contributed by atoms with van der Waals surface area (Å²) >= 11 is 12.0. The van der Waals surface area contributed by atoms with Crippen LogP contribution >= 0.6 is 23.2 Å². The van der Waals surface area contributed by atoms with Crippen molar-refractivity contribution < 1.29 is 0 Å². The van der Waals surface area contributed by atoms with Gasteiger partial charge in [0.05, 0.1) is 0 Å². The summed E-state index contributed by atoms with van der Waals surface area (Å²) in [6, 6.07) is 5.40. The maximum Gasteiger partial charge on any atom is 0.0453 e. The van der Waals surface area contributed by atoms with E-state index in [1.54, 1.807) is 18.2 Å².